The van der Waals surface area contributed by atoms with E-state index in [1.54, 1.807) is 0 Å². The van der Waals surface area contributed by atoms with E-state index >= 15 is 0 Å². The summed E-state index contributed by atoms with van der Waals surface area (Å²) in [6, 6.07) is 5.52. The molecule has 1 aromatic rings. The molecular weight excluding hydrogens is 340 g/mol. The molecule has 0 saturated carbocycles. The Morgan fingerprint density at radius 1 is 1.39 bits per heavy atom. The summed E-state index contributed by atoms with van der Waals surface area (Å²) in [7, 11) is -0.998. The third-order valence-electron chi connectivity index (χ3n) is 2.76. The van der Waals surface area contributed by atoms with Crippen LogP contribution in [-0.2, 0) is 15.5 Å². The van der Waals surface area contributed by atoms with Crippen molar-refractivity contribution in [1.29, 1.82) is 0 Å². The second-order valence-electron chi connectivity index (χ2n) is 3.96. The maximum Gasteiger partial charge on any atom is 0.128 e. The summed E-state index contributed by atoms with van der Waals surface area (Å²) in [6.07, 6.45) is 0. The monoisotopic (exact) mass is 354 g/mol. The van der Waals surface area contributed by atoms with Crippen molar-refractivity contribution in [2.45, 2.75) is 5.03 Å². The molecule has 18 heavy (non-hydrogen) atoms. The van der Waals surface area contributed by atoms with Gasteiger partial charge in [0.1, 0.15) is 22.7 Å². The van der Waals surface area contributed by atoms with Gasteiger partial charge in [-0.25, -0.2) is 4.98 Å². The van der Waals surface area contributed by atoms with Crippen molar-refractivity contribution in [2.75, 3.05) is 38.6 Å². The Labute approximate surface area is 124 Å². The molecule has 1 aliphatic heterocycles. The molecule has 0 aromatic carbocycles. The van der Waals surface area contributed by atoms with Gasteiger partial charge in [0, 0.05) is 0 Å². The summed E-state index contributed by atoms with van der Waals surface area (Å²) in [6.45, 7) is 4.59. The third-order valence-corrected chi connectivity index (χ3v) is 4.47. The minimum atomic E-state index is -0.998. The zero-order chi connectivity index (χ0) is 12.1. The molecule has 0 bridgehead atoms. The van der Waals surface area contributed by atoms with E-state index < -0.39 is 10.8 Å². The smallest absolute Gasteiger partial charge is 0.128 e. The summed E-state index contributed by atoms with van der Waals surface area (Å²) in [5.74, 6) is 0.665. The van der Waals surface area contributed by atoms with Gasteiger partial charge >= 0.3 is 0 Å². The Bertz CT molecular complexity index is 402. The number of ether oxygens (including phenoxy) is 1. The molecule has 1 aromatic heterocycles. The molecule has 1 N–H and O–H groups in total. The summed E-state index contributed by atoms with van der Waals surface area (Å²) in [5, 5.41) is 0.659. The molecule has 0 amide bonds. The van der Waals surface area contributed by atoms with E-state index in [9.17, 15) is 4.21 Å². The van der Waals surface area contributed by atoms with Crippen LogP contribution >= 0.6 is 15.9 Å². The van der Waals surface area contributed by atoms with Crippen LogP contribution in [0.3, 0.4) is 0 Å². The van der Waals surface area contributed by atoms with E-state index in [-0.39, 0.29) is 12.4 Å². The molecule has 1 saturated heterocycles. The normalized spacial score (nSPS) is 18.1. The van der Waals surface area contributed by atoms with Crippen molar-refractivity contribution in [3.63, 3.8) is 0 Å². The summed E-state index contributed by atoms with van der Waals surface area (Å²) < 4.78 is 18.1. The second kappa shape index (κ2) is 8.22. The number of hydrogen-bond donors (Lipinski definition) is 1. The molecule has 1 fully saturated rings. The van der Waals surface area contributed by atoms with Gasteiger partial charge in [-0.3, -0.25) is 4.21 Å². The van der Waals surface area contributed by atoms with Crippen molar-refractivity contribution in [1.82, 2.24) is 4.98 Å². The van der Waals surface area contributed by atoms with Crippen molar-refractivity contribution in [3.8, 4) is 0 Å². The molecule has 102 valence electrons. The number of quaternary nitrogens is 1. The highest BCUT2D eigenvalue weighted by Crippen LogP contribution is 2.09. The van der Waals surface area contributed by atoms with Crippen LogP contribution in [0.5, 0.6) is 0 Å². The van der Waals surface area contributed by atoms with E-state index in [0.717, 1.165) is 37.5 Å². The lowest BCUT2D eigenvalue weighted by atomic mass is 10.4. The molecule has 1 unspecified atom stereocenters. The van der Waals surface area contributed by atoms with Crippen molar-refractivity contribution >= 4 is 26.7 Å². The fraction of sp³-hybridized carbons (Fsp3) is 0.545. The zero-order valence-electron chi connectivity index (χ0n) is 9.90. The average Bonchev–Trinajstić information content (AvgIpc) is 2.37. The molecule has 1 atom stereocenters. The van der Waals surface area contributed by atoms with E-state index in [4.69, 9.17) is 4.74 Å². The number of nitrogens with zero attached hydrogens (tertiary/aromatic N) is 1. The fourth-order valence-corrected chi connectivity index (χ4v) is 3.34. The Balaban J connectivity index is 0.00000162. The largest absolute Gasteiger partial charge is 1.00 e. The predicted molar refractivity (Wildman–Crippen MR) is 69.6 cm³/mol. The average molecular weight is 356 g/mol. The van der Waals surface area contributed by atoms with Gasteiger partial charge in [-0.2, -0.15) is 0 Å². The molecule has 4 nitrogen and oxygen atoms in total. The maximum absolute atomic E-state index is 12.0. The van der Waals surface area contributed by atoms with Gasteiger partial charge in [0.05, 0.1) is 36.3 Å². The number of pyridine rings is 1. The Hall–Kier alpha value is -0.0100. The van der Waals surface area contributed by atoms with Crippen LogP contribution in [-0.4, -0.2) is 47.8 Å². The Morgan fingerprint density at radius 2 is 2.11 bits per heavy atom. The van der Waals surface area contributed by atoms with E-state index in [0.29, 0.717) is 10.8 Å². The number of nitrogens with one attached hydrogen (secondary N) is 1. The minimum Gasteiger partial charge on any atom is -1.00 e. The highest BCUT2D eigenvalue weighted by Gasteiger charge is 2.15. The van der Waals surface area contributed by atoms with Crippen LogP contribution in [0.25, 0.3) is 0 Å². The summed E-state index contributed by atoms with van der Waals surface area (Å²) in [5.41, 5.74) is 0. The van der Waals surface area contributed by atoms with Crippen LogP contribution in [0.4, 0.5) is 0 Å². The fourth-order valence-electron chi connectivity index (χ4n) is 1.77. The van der Waals surface area contributed by atoms with Gasteiger partial charge in [-0.05, 0) is 28.1 Å². The zero-order valence-corrected chi connectivity index (χ0v) is 13.1. The van der Waals surface area contributed by atoms with E-state index in [1.165, 1.54) is 4.90 Å². The summed E-state index contributed by atoms with van der Waals surface area (Å²) in [4.78, 5) is 5.69. The minimum absolute atomic E-state index is 0. The third kappa shape index (κ3) is 4.93. The SMILES string of the molecule is O=S(CC[NH+]1CCOCC1)c1cccc(Br)n1.[Cl-]. The Morgan fingerprint density at radius 3 is 2.78 bits per heavy atom. The highest BCUT2D eigenvalue weighted by atomic mass is 79.9. The lowest BCUT2D eigenvalue weighted by Crippen LogP contribution is -3.14. The number of morpholine rings is 1. The molecule has 1 aliphatic rings. The number of rotatable bonds is 4. The van der Waals surface area contributed by atoms with Gasteiger partial charge in [0.2, 0.25) is 0 Å². The van der Waals surface area contributed by atoms with Crippen molar-refractivity contribution < 1.29 is 26.3 Å². The standard InChI is InChI=1S/C11H15BrN2O2S.ClH/c12-10-2-1-3-11(13-10)17(15)9-6-14-4-7-16-8-5-14;/h1-3H,4-9H2;1H. The summed E-state index contributed by atoms with van der Waals surface area (Å²) >= 11 is 3.29. The van der Waals surface area contributed by atoms with Gasteiger partial charge in [0.25, 0.3) is 0 Å². The molecular formula is C11H16BrClN2O2S. The number of halogens is 2. The quantitative estimate of drug-likeness (QED) is 0.581. The van der Waals surface area contributed by atoms with Crippen molar-refractivity contribution in [3.05, 3.63) is 22.8 Å². The van der Waals surface area contributed by atoms with Gasteiger partial charge in [-0.1, -0.05) is 6.07 Å². The van der Waals surface area contributed by atoms with Gasteiger partial charge in [-0.15, -0.1) is 0 Å². The Kier molecular flexibility index (Phi) is 7.33. The topological polar surface area (TPSA) is 43.6 Å². The second-order valence-corrected chi connectivity index (χ2v) is 6.29. The van der Waals surface area contributed by atoms with Crippen LogP contribution in [0.2, 0.25) is 0 Å². The van der Waals surface area contributed by atoms with Gasteiger partial charge < -0.3 is 22.0 Å². The molecule has 2 heterocycles. The first kappa shape index (κ1) is 16.0. The van der Waals surface area contributed by atoms with Crippen LogP contribution in [0.15, 0.2) is 27.8 Å². The lowest BCUT2D eigenvalue weighted by Gasteiger charge is -2.23. The molecule has 0 spiro atoms. The molecule has 0 radical (unpaired) electrons. The first-order chi connectivity index (χ1) is 8.25. The van der Waals surface area contributed by atoms with Crippen molar-refractivity contribution in [2.24, 2.45) is 0 Å². The molecule has 0 aliphatic carbocycles. The predicted octanol–water partition coefficient (Wildman–Crippen LogP) is -3.13. The van der Waals surface area contributed by atoms with Crippen LogP contribution in [0.1, 0.15) is 0 Å². The molecule has 2 rings (SSSR count). The molecule has 7 heteroatoms. The van der Waals surface area contributed by atoms with Crippen LogP contribution < -0.4 is 17.3 Å². The number of hydrogen-bond acceptors (Lipinski definition) is 3. The first-order valence-electron chi connectivity index (χ1n) is 5.68. The first-order valence-corrected chi connectivity index (χ1v) is 7.79. The van der Waals surface area contributed by atoms with Crippen LogP contribution in [0, 0.1) is 0 Å². The maximum atomic E-state index is 12.0. The number of aromatic nitrogens is 1. The van der Waals surface area contributed by atoms with Gasteiger partial charge in [0.15, 0.2) is 0 Å². The van der Waals surface area contributed by atoms with E-state index in [1.807, 2.05) is 18.2 Å². The highest BCUT2D eigenvalue weighted by molar-refractivity contribution is 9.10. The van der Waals surface area contributed by atoms with E-state index in [2.05, 4.69) is 20.9 Å². The lowest BCUT2D eigenvalue weighted by molar-refractivity contribution is -0.905.